The van der Waals surface area contributed by atoms with E-state index in [-0.39, 0.29) is 0 Å². The first-order chi connectivity index (χ1) is 10.2. The molecule has 1 heteroatoms. The maximum absolute atomic E-state index is 3.48. The van der Waals surface area contributed by atoms with Gasteiger partial charge in [-0.2, -0.15) is 0 Å². The first kappa shape index (κ1) is 15.8. The second-order valence-electron chi connectivity index (χ2n) is 5.71. The highest BCUT2D eigenvalue weighted by Crippen LogP contribution is 2.23. The van der Waals surface area contributed by atoms with Crippen molar-refractivity contribution in [1.82, 2.24) is 5.32 Å². The molecule has 2 rings (SSSR count). The summed E-state index contributed by atoms with van der Waals surface area (Å²) in [6.07, 6.45) is 3.26. The van der Waals surface area contributed by atoms with E-state index in [2.05, 4.69) is 75.6 Å². The second-order valence-corrected chi connectivity index (χ2v) is 5.71. The van der Waals surface area contributed by atoms with Crippen molar-refractivity contribution in [2.24, 2.45) is 0 Å². The largest absolute Gasteiger partial charge is 0.313 e. The van der Waals surface area contributed by atoms with Gasteiger partial charge in [0.2, 0.25) is 0 Å². The zero-order valence-corrected chi connectivity index (χ0v) is 13.7. The molecule has 2 aromatic carbocycles. The third-order valence-electron chi connectivity index (χ3n) is 4.43. The summed E-state index contributed by atoms with van der Waals surface area (Å²) in [6.45, 7) is 6.67. The third kappa shape index (κ3) is 3.74. The number of likely N-dealkylation sites (N-methyl/N-ethyl adjacent to an activating group) is 1. The molecule has 21 heavy (non-hydrogen) atoms. The number of hydrogen-bond donors (Lipinski definition) is 1. The Balaban J connectivity index is 2.27. The van der Waals surface area contributed by atoms with Gasteiger partial charge in [-0.05, 0) is 61.1 Å². The molecular formula is C20H27N. The lowest BCUT2D eigenvalue weighted by Crippen LogP contribution is -2.19. The van der Waals surface area contributed by atoms with Crippen LogP contribution in [0.5, 0.6) is 0 Å². The van der Waals surface area contributed by atoms with Crippen LogP contribution in [0.4, 0.5) is 0 Å². The summed E-state index contributed by atoms with van der Waals surface area (Å²) in [5, 5.41) is 3.48. The lowest BCUT2D eigenvalue weighted by molar-refractivity contribution is 0.589. The number of hydrogen-bond acceptors (Lipinski definition) is 1. The molecule has 2 aromatic rings. The van der Waals surface area contributed by atoms with Crippen molar-refractivity contribution >= 4 is 0 Å². The molecular weight excluding hydrogens is 254 g/mol. The van der Waals surface area contributed by atoms with Gasteiger partial charge in [-0.1, -0.05) is 56.3 Å². The summed E-state index contributed by atoms with van der Waals surface area (Å²) >= 11 is 0. The van der Waals surface area contributed by atoms with Crippen LogP contribution in [0.3, 0.4) is 0 Å². The van der Waals surface area contributed by atoms with E-state index in [1.54, 1.807) is 0 Å². The van der Waals surface area contributed by atoms with Crippen LogP contribution >= 0.6 is 0 Å². The van der Waals surface area contributed by atoms with Crippen molar-refractivity contribution < 1.29 is 0 Å². The number of aryl methyl sites for hydroxylation is 3. The van der Waals surface area contributed by atoms with Crippen molar-refractivity contribution in [1.29, 1.82) is 0 Å². The van der Waals surface area contributed by atoms with Gasteiger partial charge in [0.1, 0.15) is 0 Å². The molecule has 0 radical (unpaired) electrons. The molecule has 1 atom stereocenters. The molecule has 1 N–H and O–H groups in total. The minimum atomic E-state index is 0.377. The maximum atomic E-state index is 3.48. The smallest absolute Gasteiger partial charge is 0.0358 e. The first-order valence-corrected chi connectivity index (χ1v) is 8.03. The summed E-state index contributed by atoms with van der Waals surface area (Å²) in [6, 6.07) is 16.0. The van der Waals surface area contributed by atoms with Crippen molar-refractivity contribution in [2.75, 3.05) is 7.05 Å². The molecule has 0 aliphatic heterocycles. The maximum Gasteiger partial charge on any atom is 0.0358 e. The predicted molar refractivity (Wildman–Crippen MR) is 91.9 cm³/mol. The normalized spacial score (nSPS) is 12.4. The molecule has 0 aliphatic carbocycles. The van der Waals surface area contributed by atoms with Gasteiger partial charge >= 0.3 is 0 Å². The molecule has 0 saturated carbocycles. The van der Waals surface area contributed by atoms with Crippen LogP contribution < -0.4 is 5.32 Å². The molecule has 112 valence electrons. The molecule has 0 spiro atoms. The average molecular weight is 281 g/mol. The molecule has 0 amide bonds. The SMILES string of the molecule is CCc1ccc(C(Cc2ccccc2C)NC)cc1CC. The zero-order valence-electron chi connectivity index (χ0n) is 13.7. The predicted octanol–water partition coefficient (Wildman–Crippen LogP) is 4.62. The van der Waals surface area contributed by atoms with Gasteiger partial charge < -0.3 is 5.32 Å². The Hall–Kier alpha value is -1.60. The lowest BCUT2D eigenvalue weighted by Gasteiger charge is -2.20. The lowest BCUT2D eigenvalue weighted by atomic mass is 9.92. The highest BCUT2D eigenvalue weighted by Gasteiger charge is 2.12. The monoisotopic (exact) mass is 281 g/mol. The third-order valence-corrected chi connectivity index (χ3v) is 4.43. The van der Waals surface area contributed by atoms with Crippen molar-refractivity contribution in [3.05, 3.63) is 70.3 Å². The van der Waals surface area contributed by atoms with Crippen molar-refractivity contribution in [3.63, 3.8) is 0 Å². The Bertz CT molecular complexity index is 586. The minimum Gasteiger partial charge on any atom is -0.313 e. The Morgan fingerprint density at radius 3 is 2.24 bits per heavy atom. The first-order valence-electron chi connectivity index (χ1n) is 8.03. The van der Waals surface area contributed by atoms with Crippen LogP contribution in [0, 0.1) is 6.92 Å². The Labute approximate surface area is 129 Å². The van der Waals surface area contributed by atoms with Crippen molar-refractivity contribution in [2.45, 2.75) is 46.1 Å². The van der Waals surface area contributed by atoms with Crippen LogP contribution in [-0.4, -0.2) is 7.05 Å². The fourth-order valence-electron chi connectivity index (χ4n) is 2.98. The van der Waals surface area contributed by atoms with Gasteiger partial charge in [-0.25, -0.2) is 0 Å². The highest BCUT2D eigenvalue weighted by molar-refractivity contribution is 5.35. The summed E-state index contributed by atoms with van der Waals surface area (Å²) in [5.74, 6) is 0. The van der Waals surface area contributed by atoms with Crippen molar-refractivity contribution in [3.8, 4) is 0 Å². The zero-order chi connectivity index (χ0) is 15.2. The van der Waals surface area contributed by atoms with Gasteiger partial charge in [-0.15, -0.1) is 0 Å². The molecule has 0 saturated heterocycles. The highest BCUT2D eigenvalue weighted by atomic mass is 14.9. The fourth-order valence-corrected chi connectivity index (χ4v) is 2.98. The van der Waals surface area contributed by atoms with Gasteiger partial charge in [0.25, 0.3) is 0 Å². The Kier molecular flexibility index (Phi) is 5.58. The van der Waals surface area contributed by atoms with Gasteiger partial charge in [0.05, 0.1) is 0 Å². The van der Waals surface area contributed by atoms with E-state index in [4.69, 9.17) is 0 Å². The summed E-state index contributed by atoms with van der Waals surface area (Å²) in [7, 11) is 2.06. The van der Waals surface area contributed by atoms with Crippen LogP contribution in [0.1, 0.15) is 47.7 Å². The van der Waals surface area contributed by atoms with Crippen LogP contribution in [-0.2, 0) is 19.3 Å². The van der Waals surface area contributed by atoms with E-state index in [0.29, 0.717) is 6.04 Å². The number of benzene rings is 2. The standard InChI is InChI=1S/C20H27N/c1-5-16-11-12-19(13-17(16)6-2)20(21-4)14-18-10-8-7-9-15(18)3/h7-13,20-21H,5-6,14H2,1-4H3. The van der Waals surface area contributed by atoms with Gasteiger partial charge in [0, 0.05) is 6.04 Å². The summed E-state index contributed by atoms with van der Waals surface area (Å²) < 4.78 is 0. The van der Waals surface area contributed by atoms with E-state index in [1.807, 2.05) is 0 Å². The summed E-state index contributed by atoms with van der Waals surface area (Å²) in [5.41, 5.74) is 7.16. The fraction of sp³-hybridized carbons (Fsp3) is 0.400. The van der Waals surface area contributed by atoms with Crippen LogP contribution in [0.15, 0.2) is 42.5 Å². The molecule has 1 unspecified atom stereocenters. The summed E-state index contributed by atoms with van der Waals surface area (Å²) in [4.78, 5) is 0. The quantitative estimate of drug-likeness (QED) is 0.814. The molecule has 0 heterocycles. The topological polar surface area (TPSA) is 12.0 Å². The minimum absolute atomic E-state index is 0.377. The van der Waals surface area contributed by atoms with E-state index < -0.39 is 0 Å². The Morgan fingerprint density at radius 2 is 1.62 bits per heavy atom. The number of nitrogens with one attached hydrogen (secondary N) is 1. The van der Waals surface area contributed by atoms with E-state index >= 15 is 0 Å². The Morgan fingerprint density at radius 1 is 0.905 bits per heavy atom. The van der Waals surface area contributed by atoms with Gasteiger partial charge in [-0.3, -0.25) is 0 Å². The molecule has 0 aromatic heterocycles. The molecule has 1 nitrogen and oxygen atoms in total. The van der Waals surface area contributed by atoms with Gasteiger partial charge in [0.15, 0.2) is 0 Å². The molecule has 0 fully saturated rings. The second kappa shape index (κ2) is 7.42. The van der Waals surface area contributed by atoms with E-state index in [1.165, 1.54) is 27.8 Å². The van der Waals surface area contributed by atoms with E-state index in [0.717, 1.165) is 19.3 Å². The van der Waals surface area contributed by atoms with E-state index in [9.17, 15) is 0 Å². The molecule has 0 bridgehead atoms. The van der Waals surface area contributed by atoms with Crippen LogP contribution in [0.25, 0.3) is 0 Å². The molecule has 0 aliphatic rings. The average Bonchev–Trinajstić information content (AvgIpc) is 2.53. The van der Waals surface area contributed by atoms with Crippen LogP contribution in [0.2, 0.25) is 0 Å². The number of rotatable bonds is 6.